The van der Waals surface area contributed by atoms with Crippen LogP contribution in [0.5, 0.6) is 0 Å². The number of aromatic nitrogens is 3. The van der Waals surface area contributed by atoms with E-state index in [0.717, 1.165) is 23.7 Å². The summed E-state index contributed by atoms with van der Waals surface area (Å²) >= 11 is 1.12. The standard InChI is InChI=1S/C15H17F3N4OS/c1-9(2)13-20-21-14(22(13)3)24-8-12(23)19-11-7-5-4-6-10(11)15(16,17)18/h4-7,9H,8H2,1-3H3,(H,19,23). The van der Waals surface area contributed by atoms with Gasteiger partial charge in [0.15, 0.2) is 5.16 Å². The molecule has 1 heterocycles. The van der Waals surface area contributed by atoms with Crippen molar-refractivity contribution in [2.75, 3.05) is 11.1 Å². The summed E-state index contributed by atoms with van der Waals surface area (Å²) in [5.41, 5.74) is -1.12. The van der Waals surface area contributed by atoms with Gasteiger partial charge in [-0.2, -0.15) is 13.2 Å². The van der Waals surface area contributed by atoms with Gasteiger partial charge in [-0.05, 0) is 12.1 Å². The number of nitrogens with one attached hydrogen (secondary N) is 1. The minimum atomic E-state index is -4.52. The number of halogens is 3. The lowest BCUT2D eigenvalue weighted by Crippen LogP contribution is -2.18. The molecular formula is C15H17F3N4OS. The Hall–Kier alpha value is -2.03. The minimum absolute atomic E-state index is 0.0593. The molecule has 0 radical (unpaired) electrons. The second-order valence-corrected chi connectivity index (χ2v) is 6.38. The molecule has 130 valence electrons. The highest BCUT2D eigenvalue weighted by Crippen LogP contribution is 2.34. The molecule has 0 saturated heterocycles. The predicted molar refractivity (Wildman–Crippen MR) is 85.9 cm³/mol. The van der Waals surface area contributed by atoms with Gasteiger partial charge >= 0.3 is 6.18 Å². The minimum Gasteiger partial charge on any atom is -0.325 e. The summed E-state index contributed by atoms with van der Waals surface area (Å²) in [7, 11) is 1.79. The third-order valence-corrected chi connectivity index (χ3v) is 4.24. The monoisotopic (exact) mass is 358 g/mol. The average molecular weight is 358 g/mol. The molecule has 0 aliphatic heterocycles. The largest absolute Gasteiger partial charge is 0.418 e. The first-order valence-electron chi connectivity index (χ1n) is 7.18. The molecular weight excluding hydrogens is 341 g/mol. The molecule has 0 atom stereocenters. The Morgan fingerprint density at radius 1 is 1.29 bits per heavy atom. The van der Waals surface area contributed by atoms with E-state index in [0.29, 0.717) is 5.16 Å². The number of anilines is 1. The fraction of sp³-hybridized carbons (Fsp3) is 0.400. The van der Waals surface area contributed by atoms with Crippen LogP contribution in [-0.4, -0.2) is 26.4 Å². The summed E-state index contributed by atoms with van der Waals surface area (Å²) in [6.07, 6.45) is -4.52. The van der Waals surface area contributed by atoms with Crippen molar-refractivity contribution >= 4 is 23.4 Å². The normalized spacial score (nSPS) is 11.8. The second kappa shape index (κ2) is 7.25. The van der Waals surface area contributed by atoms with Gasteiger partial charge in [0.05, 0.1) is 17.0 Å². The molecule has 1 aromatic heterocycles. The van der Waals surface area contributed by atoms with E-state index in [4.69, 9.17) is 0 Å². The van der Waals surface area contributed by atoms with Gasteiger partial charge < -0.3 is 9.88 Å². The van der Waals surface area contributed by atoms with Gasteiger partial charge in [-0.3, -0.25) is 4.79 Å². The molecule has 0 bridgehead atoms. The van der Waals surface area contributed by atoms with Crippen LogP contribution in [0, 0.1) is 0 Å². The number of hydrogen-bond acceptors (Lipinski definition) is 4. The summed E-state index contributed by atoms with van der Waals surface area (Å²) in [6, 6.07) is 4.88. The Bertz CT molecular complexity index is 728. The Balaban J connectivity index is 2.03. The van der Waals surface area contributed by atoms with Crippen LogP contribution in [0.4, 0.5) is 18.9 Å². The number of thioether (sulfide) groups is 1. The summed E-state index contributed by atoms with van der Waals surface area (Å²) in [6.45, 7) is 3.94. The molecule has 2 aromatic rings. The highest BCUT2D eigenvalue weighted by molar-refractivity contribution is 7.99. The molecule has 1 amide bonds. The van der Waals surface area contributed by atoms with E-state index in [9.17, 15) is 18.0 Å². The topological polar surface area (TPSA) is 59.8 Å². The van der Waals surface area contributed by atoms with Crippen LogP contribution in [0.2, 0.25) is 0 Å². The lowest BCUT2D eigenvalue weighted by molar-refractivity contribution is -0.137. The molecule has 1 N–H and O–H groups in total. The van der Waals surface area contributed by atoms with Crippen LogP contribution in [0.1, 0.15) is 31.2 Å². The third-order valence-electron chi connectivity index (χ3n) is 3.22. The van der Waals surface area contributed by atoms with E-state index >= 15 is 0 Å². The van der Waals surface area contributed by atoms with Crippen molar-refractivity contribution in [3.8, 4) is 0 Å². The molecule has 0 unspecified atom stereocenters. The quantitative estimate of drug-likeness (QED) is 0.828. The molecule has 2 rings (SSSR count). The van der Waals surface area contributed by atoms with Crippen molar-refractivity contribution in [3.63, 3.8) is 0 Å². The number of para-hydroxylation sites is 1. The van der Waals surface area contributed by atoms with Gasteiger partial charge in [0.2, 0.25) is 5.91 Å². The van der Waals surface area contributed by atoms with E-state index < -0.39 is 17.6 Å². The van der Waals surface area contributed by atoms with Crippen LogP contribution in [0.3, 0.4) is 0 Å². The maximum atomic E-state index is 12.9. The zero-order valence-electron chi connectivity index (χ0n) is 13.4. The molecule has 9 heteroatoms. The number of amides is 1. The van der Waals surface area contributed by atoms with E-state index in [-0.39, 0.29) is 17.4 Å². The highest BCUT2D eigenvalue weighted by Gasteiger charge is 2.33. The predicted octanol–water partition coefficient (Wildman–Crippen LogP) is 3.69. The third kappa shape index (κ3) is 4.28. The summed E-state index contributed by atoms with van der Waals surface area (Å²) in [5, 5.41) is 10.9. The molecule has 0 aliphatic carbocycles. The van der Waals surface area contributed by atoms with E-state index in [1.807, 2.05) is 13.8 Å². The smallest absolute Gasteiger partial charge is 0.325 e. The maximum Gasteiger partial charge on any atom is 0.418 e. The van der Waals surface area contributed by atoms with Crippen molar-refractivity contribution in [2.45, 2.75) is 31.1 Å². The van der Waals surface area contributed by atoms with Crippen LogP contribution in [-0.2, 0) is 18.0 Å². The van der Waals surface area contributed by atoms with Crippen LogP contribution in [0.25, 0.3) is 0 Å². The Morgan fingerprint density at radius 3 is 2.54 bits per heavy atom. The number of benzene rings is 1. The number of nitrogens with zero attached hydrogens (tertiary/aromatic N) is 3. The van der Waals surface area contributed by atoms with Gasteiger partial charge in [-0.25, -0.2) is 0 Å². The first-order chi connectivity index (χ1) is 11.2. The van der Waals surface area contributed by atoms with E-state index in [1.165, 1.54) is 18.2 Å². The number of carbonyl (C=O) groups is 1. The molecule has 0 aliphatic rings. The van der Waals surface area contributed by atoms with Crippen molar-refractivity contribution < 1.29 is 18.0 Å². The Labute approximate surface area is 141 Å². The van der Waals surface area contributed by atoms with Gasteiger partial charge in [0, 0.05) is 13.0 Å². The molecule has 0 spiro atoms. The highest BCUT2D eigenvalue weighted by atomic mass is 32.2. The van der Waals surface area contributed by atoms with Gasteiger partial charge in [-0.15, -0.1) is 10.2 Å². The van der Waals surface area contributed by atoms with Crippen molar-refractivity contribution in [1.82, 2.24) is 14.8 Å². The van der Waals surface area contributed by atoms with Crippen LogP contribution in [0.15, 0.2) is 29.4 Å². The van der Waals surface area contributed by atoms with Crippen LogP contribution >= 0.6 is 11.8 Å². The number of carbonyl (C=O) groups excluding carboxylic acids is 1. The molecule has 0 saturated carbocycles. The van der Waals surface area contributed by atoms with E-state index in [2.05, 4.69) is 15.5 Å². The Morgan fingerprint density at radius 2 is 1.96 bits per heavy atom. The SMILES string of the molecule is CC(C)c1nnc(SCC(=O)Nc2ccccc2C(F)(F)F)n1C. The van der Waals surface area contributed by atoms with Gasteiger partial charge in [-0.1, -0.05) is 37.7 Å². The zero-order valence-corrected chi connectivity index (χ0v) is 14.2. The average Bonchev–Trinajstić information content (AvgIpc) is 2.86. The fourth-order valence-corrected chi connectivity index (χ4v) is 2.83. The first-order valence-corrected chi connectivity index (χ1v) is 8.17. The summed E-state index contributed by atoms with van der Waals surface area (Å²) in [5.74, 6) is 0.367. The van der Waals surface area contributed by atoms with Gasteiger partial charge in [0.25, 0.3) is 0 Å². The van der Waals surface area contributed by atoms with Crippen LogP contribution < -0.4 is 5.32 Å². The lowest BCUT2D eigenvalue weighted by atomic mass is 10.1. The Kier molecular flexibility index (Phi) is 5.53. The van der Waals surface area contributed by atoms with E-state index in [1.54, 1.807) is 11.6 Å². The molecule has 5 nitrogen and oxygen atoms in total. The zero-order chi connectivity index (χ0) is 17.9. The molecule has 1 aromatic carbocycles. The number of rotatable bonds is 5. The maximum absolute atomic E-state index is 12.9. The summed E-state index contributed by atoms with van der Waals surface area (Å²) < 4.78 is 40.5. The van der Waals surface area contributed by atoms with Gasteiger partial charge in [0.1, 0.15) is 5.82 Å². The number of hydrogen-bond donors (Lipinski definition) is 1. The first kappa shape index (κ1) is 18.3. The fourth-order valence-electron chi connectivity index (χ4n) is 2.11. The summed E-state index contributed by atoms with van der Waals surface area (Å²) in [4.78, 5) is 12.0. The molecule has 24 heavy (non-hydrogen) atoms. The number of alkyl halides is 3. The van der Waals surface area contributed by atoms with Crippen molar-refractivity contribution in [1.29, 1.82) is 0 Å². The van der Waals surface area contributed by atoms with Crippen molar-refractivity contribution in [3.05, 3.63) is 35.7 Å². The van der Waals surface area contributed by atoms with Crippen molar-refractivity contribution in [2.24, 2.45) is 7.05 Å². The second-order valence-electron chi connectivity index (χ2n) is 5.43. The lowest BCUT2D eigenvalue weighted by Gasteiger charge is -2.13. The molecule has 0 fully saturated rings.